The predicted molar refractivity (Wildman–Crippen MR) is 49.1 cm³/mol. The fourth-order valence-corrected chi connectivity index (χ4v) is 0.646. The summed E-state index contributed by atoms with van der Waals surface area (Å²) < 4.78 is 0. The number of hydrogen-bond acceptors (Lipinski definition) is 4. The normalized spacial score (nSPS) is 8.57. The number of amides is 1. The van der Waals surface area contributed by atoms with Crippen molar-refractivity contribution in [1.29, 1.82) is 0 Å². The van der Waals surface area contributed by atoms with Gasteiger partial charge in [0, 0.05) is 18.6 Å². The molecule has 0 spiro atoms. The van der Waals surface area contributed by atoms with Crippen molar-refractivity contribution in [3.05, 3.63) is 42.5 Å². The second-order valence-electron chi connectivity index (χ2n) is 2.25. The Morgan fingerprint density at radius 2 is 1.86 bits per heavy atom. The minimum atomic E-state index is -0.484. The Kier molecular flexibility index (Phi) is 3.81. The number of carbonyl (C=O) groups is 1. The highest BCUT2D eigenvalue weighted by molar-refractivity contribution is 5.90. The third kappa shape index (κ3) is 3.44. The summed E-state index contributed by atoms with van der Waals surface area (Å²) in [6.45, 7) is 0. The van der Waals surface area contributed by atoms with Crippen LogP contribution in [-0.2, 0) is 0 Å². The minimum Gasteiger partial charge on any atom is -0.364 e. The molecule has 14 heavy (non-hydrogen) atoms. The van der Waals surface area contributed by atoms with Crippen LogP contribution in [0.3, 0.4) is 0 Å². The van der Waals surface area contributed by atoms with Crippen LogP contribution in [0.2, 0.25) is 0 Å². The maximum absolute atomic E-state index is 10.2. The highest BCUT2D eigenvalue weighted by atomic mass is 16.1. The quantitative estimate of drug-likeness (QED) is 0.662. The molecule has 0 bridgehead atoms. The molecule has 0 radical (unpaired) electrons. The topological polar surface area (TPSA) is 97.6 Å². The summed E-state index contributed by atoms with van der Waals surface area (Å²) in [5, 5.41) is 13.0. The van der Waals surface area contributed by atoms with Gasteiger partial charge < -0.3 is 5.73 Å². The second kappa shape index (κ2) is 5.41. The molecule has 72 valence electrons. The van der Waals surface area contributed by atoms with Crippen LogP contribution in [0.5, 0.6) is 0 Å². The zero-order valence-corrected chi connectivity index (χ0v) is 7.29. The molecule has 1 amide bonds. The highest BCUT2D eigenvalue weighted by Gasteiger charge is 1.96. The molecule has 6 heteroatoms. The third-order valence-electron chi connectivity index (χ3n) is 1.25. The first-order valence-corrected chi connectivity index (χ1v) is 3.81. The van der Waals surface area contributed by atoms with Gasteiger partial charge in [-0.05, 0) is 18.2 Å². The van der Waals surface area contributed by atoms with E-state index in [2.05, 4.69) is 20.4 Å². The first-order valence-electron chi connectivity index (χ1n) is 3.81. The summed E-state index contributed by atoms with van der Waals surface area (Å²) >= 11 is 0. The number of nitrogens with two attached hydrogens (primary N) is 1. The highest BCUT2D eigenvalue weighted by Crippen LogP contribution is 1.86. The van der Waals surface area contributed by atoms with Gasteiger partial charge in [-0.3, -0.25) is 9.89 Å². The molecule has 0 aliphatic carbocycles. The van der Waals surface area contributed by atoms with E-state index < -0.39 is 5.91 Å². The summed E-state index contributed by atoms with van der Waals surface area (Å²) in [6, 6.07) is 5.17. The molecule has 6 nitrogen and oxygen atoms in total. The summed E-state index contributed by atoms with van der Waals surface area (Å²) in [5.41, 5.74) is 5.19. The molecular weight excluding hydrogens is 182 g/mol. The van der Waals surface area contributed by atoms with E-state index in [-0.39, 0.29) is 0 Å². The Bertz CT molecular complexity index is 332. The second-order valence-corrected chi connectivity index (χ2v) is 2.25. The molecular formula is C8H9N5O. The van der Waals surface area contributed by atoms with E-state index in [4.69, 9.17) is 5.73 Å². The summed E-state index contributed by atoms with van der Waals surface area (Å²) in [4.78, 5) is 10.2. The van der Waals surface area contributed by atoms with E-state index in [9.17, 15) is 4.79 Å². The largest absolute Gasteiger partial charge is 0.364 e. The summed E-state index contributed by atoms with van der Waals surface area (Å²) in [7, 11) is 0. The van der Waals surface area contributed by atoms with Crippen molar-refractivity contribution in [2.24, 2.45) is 5.73 Å². The number of carbonyl (C=O) groups excluding carboxylic acids is 1. The van der Waals surface area contributed by atoms with Gasteiger partial charge in [0.25, 0.3) is 5.91 Å². The number of rotatable bonds is 1. The summed E-state index contributed by atoms with van der Waals surface area (Å²) in [5.74, 6) is -0.484. The zero-order chi connectivity index (χ0) is 10.2. The van der Waals surface area contributed by atoms with Crippen molar-refractivity contribution in [2.45, 2.75) is 0 Å². The van der Waals surface area contributed by atoms with Crippen LogP contribution in [0.25, 0.3) is 0 Å². The molecule has 0 fully saturated rings. The van der Waals surface area contributed by atoms with E-state index >= 15 is 0 Å². The Balaban J connectivity index is 0.000000146. The molecule has 0 aromatic carbocycles. The fourth-order valence-electron chi connectivity index (χ4n) is 0.646. The van der Waals surface area contributed by atoms with Crippen LogP contribution in [-0.4, -0.2) is 26.3 Å². The van der Waals surface area contributed by atoms with Crippen LogP contribution in [0.15, 0.2) is 36.8 Å². The third-order valence-corrected chi connectivity index (χ3v) is 1.25. The van der Waals surface area contributed by atoms with Gasteiger partial charge in [0.05, 0.1) is 0 Å². The molecule has 0 aliphatic heterocycles. The smallest absolute Gasteiger partial charge is 0.266 e. The van der Waals surface area contributed by atoms with Gasteiger partial charge in [0.15, 0.2) is 0 Å². The van der Waals surface area contributed by atoms with Crippen LogP contribution >= 0.6 is 0 Å². The number of aromatic nitrogens is 4. The molecule has 2 rings (SSSR count). The van der Waals surface area contributed by atoms with Gasteiger partial charge in [-0.2, -0.15) is 15.3 Å². The van der Waals surface area contributed by atoms with E-state index in [0.717, 1.165) is 0 Å². The lowest BCUT2D eigenvalue weighted by Gasteiger charge is -1.80. The molecule has 0 aliphatic rings. The van der Waals surface area contributed by atoms with Gasteiger partial charge in [0.2, 0.25) is 0 Å². The average Bonchev–Trinajstić information content (AvgIpc) is 2.74. The Morgan fingerprint density at radius 1 is 1.21 bits per heavy atom. The van der Waals surface area contributed by atoms with Crippen LogP contribution < -0.4 is 5.73 Å². The standard InChI is InChI=1S/C4H5N3O.C4H4N2/c5-4(8)3-1-2-6-7-3;1-2-4-6-5-3-1/h1-2H,(H2,5,8)(H,6,7);1-4H. The Morgan fingerprint density at radius 3 is 2.07 bits per heavy atom. The molecule has 0 unspecified atom stereocenters. The van der Waals surface area contributed by atoms with Crippen LogP contribution in [0, 0.1) is 0 Å². The molecule has 0 atom stereocenters. The first kappa shape index (κ1) is 9.85. The monoisotopic (exact) mass is 191 g/mol. The fraction of sp³-hybridized carbons (Fsp3) is 0. The van der Waals surface area contributed by atoms with E-state index in [1.165, 1.54) is 12.3 Å². The van der Waals surface area contributed by atoms with E-state index in [1.54, 1.807) is 12.4 Å². The van der Waals surface area contributed by atoms with Crippen molar-refractivity contribution in [1.82, 2.24) is 20.4 Å². The number of H-pyrrole nitrogens is 1. The molecule has 2 heterocycles. The molecule has 0 saturated heterocycles. The van der Waals surface area contributed by atoms with Gasteiger partial charge in [-0.15, -0.1) is 0 Å². The lowest BCUT2D eigenvalue weighted by Crippen LogP contribution is -2.10. The number of nitrogens with one attached hydrogen (secondary N) is 1. The first-order chi connectivity index (χ1) is 6.80. The number of primary amides is 1. The van der Waals surface area contributed by atoms with E-state index in [1.807, 2.05) is 12.1 Å². The SMILES string of the molecule is NC(=O)c1ccn[nH]1.c1ccnnc1. The molecule has 2 aromatic rings. The van der Waals surface area contributed by atoms with Gasteiger partial charge in [0.1, 0.15) is 5.69 Å². The predicted octanol–water partition coefficient (Wildman–Crippen LogP) is -0.0148. The summed E-state index contributed by atoms with van der Waals surface area (Å²) in [6.07, 6.45) is 4.75. The van der Waals surface area contributed by atoms with Crippen molar-refractivity contribution in [3.8, 4) is 0 Å². The number of hydrogen-bond donors (Lipinski definition) is 2. The average molecular weight is 191 g/mol. The van der Waals surface area contributed by atoms with Crippen LogP contribution in [0.1, 0.15) is 10.5 Å². The van der Waals surface area contributed by atoms with Crippen molar-refractivity contribution in [2.75, 3.05) is 0 Å². The maximum atomic E-state index is 10.2. The Labute approximate surface area is 80.2 Å². The number of nitrogens with zero attached hydrogens (tertiary/aromatic N) is 3. The van der Waals surface area contributed by atoms with Gasteiger partial charge in [-0.1, -0.05) is 0 Å². The molecule has 0 saturated carbocycles. The number of aromatic amines is 1. The molecule has 3 N–H and O–H groups in total. The maximum Gasteiger partial charge on any atom is 0.266 e. The van der Waals surface area contributed by atoms with Gasteiger partial charge in [-0.25, -0.2) is 0 Å². The Hall–Kier alpha value is -2.24. The van der Waals surface area contributed by atoms with E-state index in [0.29, 0.717) is 5.69 Å². The van der Waals surface area contributed by atoms with Crippen molar-refractivity contribution < 1.29 is 4.79 Å². The lowest BCUT2D eigenvalue weighted by atomic mass is 10.4. The van der Waals surface area contributed by atoms with Crippen molar-refractivity contribution >= 4 is 5.91 Å². The van der Waals surface area contributed by atoms with Crippen molar-refractivity contribution in [3.63, 3.8) is 0 Å². The minimum absolute atomic E-state index is 0.338. The molecule has 2 aromatic heterocycles. The van der Waals surface area contributed by atoms with Gasteiger partial charge >= 0.3 is 0 Å². The zero-order valence-electron chi connectivity index (χ0n) is 7.29. The van der Waals surface area contributed by atoms with Crippen LogP contribution in [0.4, 0.5) is 0 Å². The lowest BCUT2D eigenvalue weighted by molar-refractivity contribution is 0.0995.